The van der Waals surface area contributed by atoms with Crippen molar-refractivity contribution >= 4 is 5.91 Å². The number of aromatic nitrogens is 2. The maximum absolute atomic E-state index is 12.3. The number of aliphatic hydroxyl groups excluding tert-OH is 1. The van der Waals surface area contributed by atoms with Gasteiger partial charge in [0, 0.05) is 18.8 Å². The quantitative estimate of drug-likeness (QED) is 0.822. The monoisotopic (exact) mass is 267 g/mol. The Morgan fingerprint density at radius 1 is 1.42 bits per heavy atom. The fourth-order valence-electron chi connectivity index (χ4n) is 2.28. The third-order valence-corrected chi connectivity index (χ3v) is 3.47. The molecule has 5 heteroatoms. The lowest BCUT2D eigenvalue weighted by Gasteiger charge is -2.18. The number of rotatable bonds is 7. The van der Waals surface area contributed by atoms with Crippen LogP contribution in [0.1, 0.15) is 55.8 Å². The number of hydrogen-bond donors (Lipinski definition) is 1. The number of carbonyl (C=O) groups excluding carboxylic acids is 1. The highest BCUT2D eigenvalue weighted by Crippen LogP contribution is 2.18. The predicted octanol–water partition coefficient (Wildman–Crippen LogP) is 2.01. The number of carbonyl (C=O) groups is 1. The van der Waals surface area contributed by atoms with Crippen LogP contribution in [0, 0.1) is 6.92 Å². The summed E-state index contributed by atoms with van der Waals surface area (Å²) in [6, 6.07) is 2.18. The highest BCUT2D eigenvalue weighted by Gasteiger charge is 2.20. The van der Waals surface area contributed by atoms with E-state index in [4.69, 9.17) is 5.11 Å². The second-order valence-corrected chi connectivity index (χ2v) is 4.69. The molecule has 0 aliphatic heterocycles. The molecular formula is C14H25N3O2. The third kappa shape index (κ3) is 3.56. The predicted molar refractivity (Wildman–Crippen MR) is 75.2 cm³/mol. The SMILES string of the molecule is CCC(CC)n1nc(C(=O)N(CC)CCO)cc1C. The number of hydrogen-bond acceptors (Lipinski definition) is 3. The van der Waals surface area contributed by atoms with E-state index in [1.807, 2.05) is 24.6 Å². The molecule has 0 spiro atoms. The van der Waals surface area contributed by atoms with Gasteiger partial charge < -0.3 is 10.0 Å². The van der Waals surface area contributed by atoms with Crippen LogP contribution in [-0.2, 0) is 0 Å². The summed E-state index contributed by atoms with van der Waals surface area (Å²) in [6.45, 7) is 9.04. The van der Waals surface area contributed by atoms with Gasteiger partial charge in [0.2, 0.25) is 0 Å². The fourth-order valence-corrected chi connectivity index (χ4v) is 2.28. The van der Waals surface area contributed by atoms with Crippen LogP contribution in [0.25, 0.3) is 0 Å². The zero-order valence-electron chi connectivity index (χ0n) is 12.4. The zero-order chi connectivity index (χ0) is 14.4. The summed E-state index contributed by atoms with van der Waals surface area (Å²) in [5, 5.41) is 13.4. The van der Waals surface area contributed by atoms with Crippen molar-refractivity contribution in [1.82, 2.24) is 14.7 Å². The van der Waals surface area contributed by atoms with E-state index in [9.17, 15) is 4.79 Å². The van der Waals surface area contributed by atoms with Crippen molar-refractivity contribution in [3.63, 3.8) is 0 Å². The highest BCUT2D eigenvalue weighted by molar-refractivity contribution is 5.92. The molecule has 1 N–H and O–H groups in total. The van der Waals surface area contributed by atoms with E-state index < -0.39 is 0 Å². The van der Waals surface area contributed by atoms with Gasteiger partial charge in [0.15, 0.2) is 5.69 Å². The normalized spacial score (nSPS) is 11.1. The molecule has 1 amide bonds. The van der Waals surface area contributed by atoms with Crippen LogP contribution in [0.3, 0.4) is 0 Å². The molecule has 19 heavy (non-hydrogen) atoms. The van der Waals surface area contributed by atoms with Gasteiger partial charge >= 0.3 is 0 Å². The van der Waals surface area contributed by atoms with Gasteiger partial charge in [0.1, 0.15) is 0 Å². The van der Waals surface area contributed by atoms with Crippen molar-refractivity contribution in [1.29, 1.82) is 0 Å². The summed E-state index contributed by atoms with van der Waals surface area (Å²) in [7, 11) is 0. The Labute approximate surface area is 115 Å². The van der Waals surface area contributed by atoms with Gasteiger partial charge in [-0.15, -0.1) is 0 Å². The molecular weight excluding hydrogens is 242 g/mol. The Kier molecular flexibility index (Phi) is 6.02. The number of aryl methyl sites for hydroxylation is 1. The van der Waals surface area contributed by atoms with Crippen LogP contribution < -0.4 is 0 Å². The van der Waals surface area contributed by atoms with Gasteiger partial charge in [-0.1, -0.05) is 13.8 Å². The topological polar surface area (TPSA) is 58.4 Å². The molecule has 0 bridgehead atoms. The van der Waals surface area contributed by atoms with E-state index >= 15 is 0 Å². The van der Waals surface area contributed by atoms with Gasteiger partial charge in [-0.3, -0.25) is 9.48 Å². The Morgan fingerprint density at radius 2 is 2.05 bits per heavy atom. The number of aliphatic hydroxyl groups is 1. The molecule has 0 unspecified atom stereocenters. The summed E-state index contributed by atoms with van der Waals surface area (Å²) in [4.78, 5) is 13.9. The van der Waals surface area contributed by atoms with Crippen molar-refractivity contribution in [2.75, 3.05) is 19.7 Å². The molecule has 0 aliphatic carbocycles. The molecule has 0 saturated carbocycles. The number of amides is 1. The lowest BCUT2D eigenvalue weighted by molar-refractivity contribution is 0.0724. The summed E-state index contributed by atoms with van der Waals surface area (Å²) in [5.74, 6) is -0.107. The van der Waals surface area contributed by atoms with Crippen LogP contribution in [-0.4, -0.2) is 45.4 Å². The first-order chi connectivity index (χ1) is 9.08. The summed E-state index contributed by atoms with van der Waals surface area (Å²) >= 11 is 0. The smallest absolute Gasteiger partial charge is 0.274 e. The Hall–Kier alpha value is -1.36. The third-order valence-electron chi connectivity index (χ3n) is 3.47. The van der Waals surface area contributed by atoms with E-state index in [1.165, 1.54) is 0 Å². The van der Waals surface area contributed by atoms with E-state index in [0.29, 0.717) is 24.8 Å². The lowest BCUT2D eigenvalue weighted by Crippen LogP contribution is -2.33. The van der Waals surface area contributed by atoms with Crippen LogP contribution in [0.5, 0.6) is 0 Å². The Bertz CT molecular complexity index is 411. The van der Waals surface area contributed by atoms with Crippen molar-refractivity contribution in [3.05, 3.63) is 17.5 Å². The van der Waals surface area contributed by atoms with Gasteiger partial charge in [-0.05, 0) is 32.8 Å². The summed E-state index contributed by atoms with van der Waals surface area (Å²) in [6.07, 6.45) is 2.00. The molecule has 5 nitrogen and oxygen atoms in total. The van der Waals surface area contributed by atoms with Crippen molar-refractivity contribution in [2.24, 2.45) is 0 Å². The minimum atomic E-state index is -0.107. The maximum Gasteiger partial charge on any atom is 0.274 e. The highest BCUT2D eigenvalue weighted by atomic mass is 16.3. The Morgan fingerprint density at radius 3 is 2.53 bits per heavy atom. The second kappa shape index (κ2) is 7.28. The molecule has 1 rings (SSSR count). The van der Waals surface area contributed by atoms with Crippen LogP contribution in [0.2, 0.25) is 0 Å². The first-order valence-corrected chi connectivity index (χ1v) is 7.05. The fraction of sp³-hybridized carbons (Fsp3) is 0.714. The first kappa shape index (κ1) is 15.7. The van der Waals surface area contributed by atoms with Crippen molar-refractivity contribution in [2.45, 2.75) is 46.6 Å². The molecule has 1 heterocycles. The van der Waals surface area contributed by atoms with Gasteiger partial charge in [-0.25, -0.2) is 0 Å². The van der Waals surface area contributed by atoms with E-state index in [0.717, 1.165) is 18.5 Å². The standard InChI is InChI=1S/C14H25N3O2/c1-5-12(6-2)17-11(4)10-13(15-17)14(19)16(7-3)8-9-18/h10,12,18H,5-9H2,1-4H3. The molecule has 0 atom stereocenters. The molecule has 0 aliphatic rings. The van der Waals surface area contributed by atoms with Gasteiger partial charge in [0.25, 0.3) is 5.91 Å². The summed E-state index contributed by atoms with van der Waals surface area (Å²) in [5.41, 5.74) is 1.48. The van der Waals surface area contributed by atoms with Crippen LogP contribution >= 0.6 is 0 Å². The molecule has 0 radical (unpaired) electrons. The van der Waals surface area contributed by atoms with E-state index in [2.05, 4.69) is 18.9 Å². The largest absolute Gasteiger partial charge is 0.395 e. The molecule has 1 aromatic heterocycles. The minimum absolute atomic E-state index is 0.0220. The molecule has 0 aromatic carbocycles. The molecule has 0 fully saturated rings. The van der Waals surface area contributed by atoms with Crippen LogP contribution in [0.4, 0.5) is 0 Å². The van der Waals surface area contributed by atoms with E-state index in [1.54, 1.807) is 4.90 Å². The molecule has 108 valence electrons. The van der Waals surface area contributed by atoms with Crippen molar-refractivity contribution in [3.8, 4) is 0 Å². The maximum atomic E-state index is 12.3. The van der Waals surface area contributed by atoms with Gasteiger partial charge in [-0.2, -0.15) is 5.10 Å². The average molecular weight is 267 g/mol. The number of likely N-dealkylation sites (N-methyl/N-ethyl adjacent to an activating group) is 1. The van der Waals surface area contributed by atoms with Crippen molar-refractivity contribution < 1.29 is 9.90 Å². The molecule has 0 saturated heterocycles. The average Bonchev–Trinajstić information content (AvgIpc) is 2.79. The van der Waals surface area contributed by atoms with E-state index in [-0.39, 0.29) is 12.5 Å². The molecule has 1 aromatic rings. The first-order valence-electron chi connectivity index (χ1n) is 7.05. The summed E-state index contributed by atoms with van der Waals surface area (Å²) < 4.78 is 1.94. The van der Waals surface area contributed by atoms with Crippen LogP contribution in [0.15, 0.2) is 6.07 Å². The minimum Gasteiger partial charge on any atom is -0.395 e. The Balaban J connectivity index is 2.96. The van der Waals surface area contributed by atoms with Gasteiger partial charge in [0.05, 0.1) is 12.6 Å². The number of nitrogens with zero attached hydrogens (tertiary/aromatic N) is 3. The lowest BCUT2D eigenvalue weighted by atomic mass is 10.2. The second-order valence-electron chi connectivity index (χ2n) is 4.69. The zero-order valence-corrected chi connectivity index (χ0v) is 12.4.